The molecule has 3 aromatic rings. The third-order valence-corrected chi connectivity index (χ3v) is 5.54. The maximum Gasteiger partial charge on any atom is 0.250 e. The third-order valence-electron chi connectivity index (χ3n) is 4.31. The molecule has 0 bridgehead atoms. The number of benzene rings is 2. The van der Waals surface area contributed by atoms with Crippen LogP contribution in [0, 0.1) is 0 Å². The summed E-state index contributed by atoms with van der Waals surface area (Å²) in [4.78, 5) is 17.3. The van der Waals surface area contributed by atoms with Gasteiger partial charge < -0.3 is 4.90 Å². The smallest absolute Gasteiger partial charge is 0.250 e. The molecule has 1 aliphatic heterocycles. The van der Waals surface area contributed by atoms with E-state index in [1.54, 1.807) is 0 Å². The van der Waals surface area contributed by atoms with Gasteiger partial charge in [0.15, 0.2) is 0 Å². The van der Waals surface area contributed by atoms with E-state index in [1.165, 1.54) is 4.80 Å². The summed E-state index contributed by atoms with van der Waals surface area (Å²) in [6, 6.07) is 17.7. The van der Waals surface area contributed by atoms with Crippen LogP contribution in [0.3, 0.4) is 0 Å². The first kappa shape index (κ1) is 16.8. The first-order valence-electron chi connectivity index (χ1n) is 8.60. The van der Waals surface area contributed by atoms with E-state index >= 15 is 0 Å². The minimum absolute atomic E-state index is 0.0239. The average Bonchev–Trinajstić information content (AvgIpc) is 3.05. The van der Waals surface area contributed by atoms with Gasteiger partial charge in [-0.2, -0.15) is 4.80 Å². The second-order valence-corrected chi connectivity index (χ2v) is 7.72. The number of rotatable bonds is 3. The van der Waals surface area contributed by atoms with Gasteiger partial charge >= 0.3 is 0 Å². The highest BCUT2D eigenvalue weighted by molar-refractivity contribution is 8.00. The Morgan fingerprint density at radius 2 is 1.92 bits per heavy atom. The third kappa shape index (κ3) is 3.48. The monoisotopic (exact) mass is 365 g/mol. The molecule has 1 atom stereocenters. The SMILES string of the molecule is CC1CCN(C(=O)Cn2nnc(-c3ccccc3)n2)c2ccccc2S1. The van der Waals surface area contributed by atoms with Crippen LogP contribution < -0.4 is 4.90 Å². The number of para-hydroxylation sites is 1. The zero-order valence-electron chi connectivity index (χ0n) is 14.4. The molecule has 1 amide bonds. The number of hydrogen-bond donors (Lipinski definition) is 0. The van der Waals surface area contributed by atoms with Crippen LogP contribution in [0.1, 0.15) is 13.3 Å². The van der Waals surface area contributed by atoms with E-state index in [1.807, 2.05) is 65.2 Å². The highest BCUT2D eigenvalue weighted by Gasteiger charge is 2.24. The number of nitrogens with zero attached hydrogens (tertiary/aromatic N) is 5. The number of thioether (sulfide) groups is 1. The lowest BCUT2D eigenvalue weighted by Crippen LogP contribution is -2.35. The molecule has 2 aromatic carbocycles. The molecular weight excluding hydrogens is 346 g/mol. The molecule has 26 heavy (non-hydrogen) atoms. The molecule has 132 valence electrons. The van der Waals surface area contributed by atoms with Crippen molar-refractivity contribution in [2.24, 2.45) is 0 Å². The summed E-state index contributed by atoms with van der Waals surface area (Å²) in [5.74, 6) is 0.503. The van der Waals surface area contributed by atoms with Crippen LogP contribution in [0.25, 0.3) is 11.4 Å². The fraction of sp³-hybridized carbons (Fsp3) is 0.263. The van der Waals surface area contributed by atoms with Crippen molar-refractivity contribution >= 4 is 23.4 Å². The predicted octanol–water partition coefficient (Wildman–Crippen LogP) is 3.26. The Balaban J connectivity index is 1.54. The van der Waals surface area contributed by atoms with Crippen LogP contribution >= 0.6 is 11.8 Å². The van der Waals surface area contributed by atoms with Gasteiger partial charge in [-0.1, -0.05) is 49.4 Å². The number of tetrazole rings is 1. The number of fused-ring (bicyclic) bond motifs is 1. The maximum absolute atomic E-state index is 12.9. The highest BCUT2D eigenvalue weighted by atomic mass is 32.2. The van der Waals surface area contributed by atoms with Gasteiger partial charge in [0, 0.05) is 22.3 Å². The van der Waals surface area contributed by atoms with Gasteiger partial charge in [0.05, 0.1) is 5.69 Å². The fourth-order valence-corrected chi connectivity index (χ4v) is 4.08. The molecule has 1 aliphatic rings. The Bertz CT molecular complexity index is 911. The lowest BCUT2D eigenvalue weighted by atomic mass is 10.2. The Hall–Kier alpha value is -2.67. The maximum atomic E-state index is 12.9. The summed E-state index contributed by atoms with van der Waals surface area (Å²) < 4.78 is 0. The van der Waals surface area contributed by atoms with Crippen molar-refractivity contribution in [2.75, 3.05) is 11.4 Å². The van der Waals surface area contributed by atoms with Crippen molar-refractivity contribution in [3.63, 3.8) is 0 Å². The van der Waals surface area contributed by atoms with Crippen molar-refractivity contribution < 1.29 is 4.79 Å². The van der Waals surface area contributed by atoms with Crippen LogP contribution in [-0.4, -0.2) is 37.9 Å². The van der Waals surface area contributed by atoms with Crippen molar-refractivity contribution in [3.05, 3.63) is 54.6 Å². The predicted molar refractivity (Wildman–Crippen MR) is 102 cm³/mol. The van der Waals surface area contributed by atoms with Gasteiger partial charge in [0.1, 0.15) is 6.54 Å². The lowest BCUT2D eigenvalue weighted by Gasteiger charge is -2.22. The van der Waals surface area contributed by atoms with E-state index in [-0.39, 0.29) is 12.5 Å². The first-order chi connectivity index (χ1) is 12.7. The molecule has 1 aromatic heterocycles. The molecule has 0 saturated carbocycles. The zero-order valence-corrected chi connectivity index (χ0v) is 15.3. The van der Waals surface area contributed by atoms with Gasteiger partial charge in [-0.05, 0) is 23.8 Å². The Morgan fingerprint density at radius 3 is 2.77 bits per heavy atom. The quantitative estimate of drug-likeness (QED) is 0.713. The van der Waals surface area contributed by atoms with Crippen molar-refractivity contribution in [2.45, 2.75) is 30.0 Å². The standard InChI is InChI=1S/C19H19N5OS/c1-14-11-12-23(16-9-5-6-10-17(16)26-14)18(25)13-24-21-19(20-22-24)15-7-3-2-4-8-15/h2-10,14H,11-13H2,1H3. The molecule has 4 rings (SSSR count). The lowest BCUT2D eigenvalue weighted by molar-refractivity contribution is -0.119. The Morgan fingerprint density at radius 1 is 1.15 bits per heavy atom. The number of anilines is 1. The molecule has 1 unspecified atom stereocenters. The fourth-order valence-electron chi connectivity index (χ4n) is 2.97. The Labute approximate surface area is 156 Å². The van der Waals surface area contributed by atoms with Gasteiger partial charge in [0.2, 0.25) is 5.82 Å². The van der Waals surface area contributed by atoms with Crippen LogP contribution in [-0.2, 0) is 11.3 Å². The second-order valence-electron chi connectivity index (χ2n) is 6.24. The molecule has 6 nitrogen and oxygen atoms in total. The van der Waals surface area contributed by atoms with Crippen LogP contribution in [0.5, 0.6) is 0 Å². The summed E-state index contributed by atoms with van der Waals surface area (Å²) in [6.45, 7) is 2.97. The van der Waals surface area contributed by atoms with Crippen molar-refractivity contribution in [3.8, 4) is 11.4 Å². The van der Waals surface area contributed by atoms with E-state index < -0.39 is 0 Å². The Kier molecular flexibility index (Phi) is 4.71. The van der Waals surface area contributed by atoms with Crippen molar-refractivity contribution in [1.82, 2.24) is 20.2 Å². The zero-order chi connectivity index (χ0) is 17.9. The van der Waals surface area contributed by atoms with Gasteiger partial charge in [0.25, 0.3) is 5.91 Å². The molecule has 0 N–H and O–H groups in total. The van der Waals surface area contributed by atoms with Gasteiger partial charge in [-0.15, -0.1) is 22.0 Å². The van der Waals surface area contributed by atoms with E-state index in [2.05, 4.69) is 28.4 Å². The minimum Gasteiger partial charge on any atom is -0.310 e. The molecule has 2 heterocycles. The average molecular weight is 365 g/mol. The largest absolute Gasteiger partial charge is 0.310 e. The molecule has 0 spiro atoms. The highest BCUT2D eigenvalue weighted by Crippen LogP contribution is 2.37. The molecule has 7 heteroatoms. The number of carbonyl (C=O) groups excluding carboxylic acids is 1. The summed E-state index contributed by atoms with van der Waals surface area (Å²) in [5.41, 5.74) is 1.85. The van der Waals surface area contributed by atoms with E-state index in [0.717, 1.165) is 22.6 Å². The summed E-state index contributed by atoms with van der Waals surface area (Å²) in [6.07, 6.45) is 0.950. The van der Waals surface area contributed by atoms with E-state index in [4.69, 9.17) is 0 Å². The van der Waals surface area contributed by atoms with Crippen LogP contribution in [0.4, 0.5) is 5.69 Å². The van der Waals surface area contributed by atoms with Crippen LogP contribution in [0.2, 0.25) is 0 Å². The topological polar surface area (TPSA) is 63.9 Å². The molecule has 0 fully saturated rings. The number of hydrogen-bond acceptors (Lipinski definition) is 5. The molecular formula is C19H19N5OS. The van der Waals surface area contributed by atoms with E-state index in [9.17, 15) is 4.79 Å². The summed E-state index contributed by atoms with van der Waals surface area (Å²) in [7, 11) is 0. The number of amides is 1. The van der Waals surface area contributed by atoms with Crippen molar-refractivity contribution in [1.29, 1.82) is 0 Å². The molecule has 0 saturated heterocycles. The normalized spacial score (nSPS) is 16.8. The van der Waals surface area contributed by atoms with Gasteiger partial charge in [-0.25, -0.2) is 0 Å². The molecule has 0 aliphatic carbocycles. The number of carbonyl (C=O) groups is 1. The second kappa shape index (κ2) is 7.29. The number of aromatic nitrogens is 4. The molecule has 0 radical (unpaired) electrons. The van der Waals surface area contributed by atoms with E-state index in [0.29, 0.717) is 17.6 Å². The first-order valence-corrected chi connectivity index (χ1v) is 9.48. The minimum atomic E-state index is -0.0239. The van der Waals surface area contributed by atoms with Crippen LogP contribution in [0.15, 0.2) is 59.5 Å². The summed E-state index contributed by atoms with van der Waals surface area (Å²) >= 11 is 1.82. The van der Waals surface area contributed by atoms with Gasteiger partial charge in [-0.3, -0.25) is 4.79 Å². The summed E-state index contributed by atoms with van der Waals surface area (Å²) in [5, 5.41) is 12.9.